The third-order valence-corrected chi connectivity index (χ3v) is 5.56. The average molecular weight is 281 g/mol. The van der Waals surface area contributed by atoms with Crippen LogP contribution in [0.1, 0.15) is 61.4 Å². The molecule has 1 unspecified atom stereocenters. The van der Waals surface area contributed by atoms with Crippen molar-refractivity contribution in [1.29, 1.82) is 0 Å². The van der Waals surface area contributed by atoms with Crippen LogP contribution in [0.25, 0.3) is 0 Å². The molecule has 0 spiro atoms. The van der Waals surface area contributed by atoms with E-state index in [9.17, 15) is 0 Å². The molecular formula is C15H27N3S. The van der Waals surface area contributed by atoms with E-state index >= 15 is 0 Å². The van der Waals surface area contributed by atoms with Gasteiger partial charge in [0.15, 0.2) is 0 Å². The number of aromatic nitrogens is 1. The summed E-state index contributed by atoms with van der Waals surface area (Å²) in [5.74, 6) is 0. The van der Waals surface area contributed by atoms with E-state index in [4.69, 9.17) is 5.73 Å². The molecular weight excluding hydrogens is 254 g/mol. The van der Waals surface area contributed by atoms with Gasteiger partial charge in [-0.25, -0.2) is 4.98 Å². The number of hydrogen-bond donors (Lipinski definition) is 2. The normalized spacial score (nSPS) is 20.4. The van der Waals surface area contributed by atoms with Gasteiger partial charge in [0.05, 0.1) is 6.04 Å². The van der Waals surface area contributed by atoms with Gasteiger partial charge in [-0.3, -0.25) is 0 Å². The molecule has 1 aliphatic carbocycles. The van der Waals surface area contributed by atoms with E-state index in [0.717, 1.165) is 13.1 Å². The SMILES string of the molecule is Cc1cnc(C(C)NCCC2(CN)CCCCC2)s1. The lowest BCUT2D eigenvalue weighted by atomic mass is 9.72. The predicted octanol–water partition coefficient (Wildman–Crippen LogP) is 3.40. The van der Waals surface area contributed by atoms with Crippen molar-refractivity contribution in [3.05, 3.63) is 16.1 Å². The van der Waals surface area contributed by atoms with Gasteiger partial charge in [-0.2, -0.15) is 0 Å². The standard InChI is InChI=1S/C15H27N3S/c1-12-10-18-14(19-12)13(2)17-9-8-15(11-16)6-4-3-5-7-15/h10,13,17H,3-9,11,16H2,1-2H3. The zero-order valence-electron chi connectivity index (χ0n) is 12.2. The summed E-state index contributed by atoms with van der Waals surface area (Å²) in [4.78, 5) is 5.74. The number of nitrogens with two attached hydrogens (primary N) is 1. The maximum absolute atomic E-state index is 6.03. The molecule has 0 bridgehead atoms. The molecule has 3 nitrogen and oxygen atoms in total. The molecule has 3 N–H and O–H groups in total. The lowest BCUT2D eigenvalue weighted by Crippen LogP contribution is -2.36. The Labute approximate surface area is 121 Å². The zero-order chi connectivity index (χ0) is 13.7. The fraction of sp³-hybridized carbons (Fsp3) is 0.800. The topological polar surface area (TPSA) is 50.9 Å². The van der Waals surface area contributed by atoms with Crippen molar-refractivity contribution in [2.75, 3.05) is 13.1 Å². The van der Waals surface area contributed by atoms with E-state index in [1.165, 1.54) is 48.4 Å². The fourth-order valence-electron chi connectivity index (χ4n) is 3.07. The van der Waals surface area contributed by atoms with Crippen LogP contribution < -0.4 is 11.1 Å². The minimum Gasteiger partial charge on any atom is -0.330 e. The first-order valence-electron chi connectivity index (χ1n) is 7.51. The summed E-state index contributed by atoms with van der Waals surface area (Å²) in [7, 11) is 0. The van der Waals surface area contributed by atoms with Crippen LogP contribution in [0, 0.1) is 12.3 Å². The highest BCUT2D eigenvalue weighted by atomic mass is 32.1. The molecule has 1 heterocycles. The van der Waals surface area contributed by atoms with Crippen molar-refractivity contribution in [3.8, 4) is 0 Å². The monoisotopic (exact) mass is 281 g/mol. The minimum absolute atomic E-state index is 0.358. The van der Waals surface area contributed by atoms with Gasteiger partial charge in [-0.1, -0.05) is 19.3 Å². The first kappa shape index (κ1) is 14.9. The Morgan fingerprint density at radius 2 is 2.16 bits per heavy atom. The summed E-state index contributed by atoms with van der Waals surface area (Å²) in [6.45, 7) is 6.21. The second-order valence-electron chi connectivity index (χ2n) is 6.00. The molecule has 1 aliphatic rings. The number of aryl methyl sites for hydroxylation is 1. The third-order valence-electron chi connectivity index (χ3n) is 4.46. The van der Waals surface area contributed by atoms with Crippen molar-refractivity contribution >= 4 is 11.3 Å². The Morgan fingerprint density at radius 1 is 1.42 bits per heavy atom. The minimum atomic E-state index is 0.358. The maximum Gasteiger partial charge on any atom is 0.109 e. The van der Waals surface area contributed by atoms with E-state index in [1.807, 2.05) is 6.20 Å². The van der Waals surface area contributed by atoms with E-state index < -0.39 is 0 Å². The Kier molecular flexibility index (Phi) is 5.37. The number of thiazole rings is 1. The van der Waals surface area contributed by atoms with E-state index in [1.54, 1.807) is 11.3 Å². The van der Waals surface area contributed by atoms with Crippen LogP contribution in [0.3, 0.4) is 0 Å². The molecule has 2 rings (SSSR count). The molecule has 1 aromatic rings. The quantitative estimate of drug-likeness (QED) is 0.840. The van der Waals surface area contributed by atoms with Crippen molar-refractivity contribution in [3.63, 3.8) is 0 Å². The lowest BCUT2D eigenvalue weighted by Gasteiger charge is -2.36. The van der Waals surface area contributed by atoms with Gasteiger partial charge in [0.2, 0.25) is 0 Å². The zero-order valence-corrected chi connectivity index (χ0v) is 13.1. The van der Waals surface area contributed by atoms with E-state index in [-0.39, 0.29) is 0 Å². The number of nitrogens with zero attached hydrogens (tertiary/aromatic N) is 1. The Morgan fingerprint density at radius 3 is 2.74 bits per heavy atom. The first-order chi connectivity index (χ1) is 9.15. The summed E-state index contributed by atoms with van der Waals surface area (Å²) in [6.07, 6.45) is 9.91. The molecule has 0 radical (unpaired) electrons. The Bertz CT molecular complexity index is 382. The maximum atomic E-state index is 6.03. The van der Waals surface area contributed by atoms with Crippen molar-refractivity contribution in [2.45, 2.75) is 58.4 Å². The van der Waals surface area contributed by atoms with E-state index in [0.29, 0.717) is 11.5 Å². The van der Waals surface area contributed by atoms with Crippen LogP contribution >= 0.6 is 11.3 Å². The molecule has 108 valence electrons. The number of nitrogens with one attached hydrogen (secondary N) is 1. The van der Waals surface area contributed by atoms with Crippen LogP contribution in [0.15, 0.2) is 6.20 Å². The van der Waals surface area contributed by atoms with Gasteiger partial charge in [0.25, 0.3) is 0 Å². The molecule has 0 aliphatic heterocycles. The van der Waals surface area contributed by atoms with Crippen LogP contribution in [-0.2, 0) is 0 Å². The highest BCUT2D eigenvalue weighted by Gasteiger charge is 2.30. The van der Waals surface area contributed by atoms with Gasteiger partial charge >= 0.3 is 0 Å². The van der Waals surface area contributed by atoms with Gasteiger partial charge < -0.3 is 11.1 Å². The van der Waals surface area contributed by atoms with Crippen LogP contribution in [0.5, 0.6) is 0 Å². The second kappa shape index (κ2) is 6.82. The molecule has 1 saturated carbocycles. The van der Waals surface area contributed by atoms with Gasteiger partial charge in [0, 0.05) is 11.1 Å². The summed E-state index contributed by atoms with van der Waals surface area (Å²) in [5, 5.41) is 4.81. The first-order valence-corrected chi connectivity index (χ1v) is 8.33. The highest BCUT2D eigenvalue weighted by molar-refractivity contribution is 7.11. The molecule has 19 heavy (non-hydrogen) atoms. The van der Waals surface area contributed by atoms with Gasteiger partial charge in [-0.15, -0.1) is 11.3 Å². The number of hydrogen-bond acceptors (Lipinski definition) is 4. The lowest BCUT2D eigenvalue weighted by molar-refractivity contribution is 0.179. The average Bonchev–Trinajstić information content (AvgIpc) is 2.86. The Hall–Kier alpha value is -0.450. The fourth-order valence-corrected chi connectivity index (χ4v) is 3.87. The third kappa shape index (κ3) is 4.01. The van der Waals surface area contributed by atoms with Crippen molar-refractivity contribution in [2.24, 2.45) is 11.1 Å². The summed E-state index contributed by atoms with van der Waals surface area (Å²) in [6, 6.07) is 0.358. The highest BCUT2D eigenvalue weighted by Crippen LogP contribution is 2.38. The van der Waals surface area contributed by atoms with Crippen LogP contribution in [0.4, 0.5) is 0 Å². The van der Waals surface area contributed by atoms with E-state index in [2.05, 4.69) is 24.1 Å². The molecule has 0 amide bonds. The summed E-state index contributed by atoms with van der Waals surface area (Å²) in [5.41, 5.74) is 6.44. The van der Waals surface area contributed by atoms with Crippen LogP contribution in [-0.4, -0.2) is 18.1 Å². The van der Waals surface area contributed by atoms with Crippen molar-refractivity contribution in [1.82, 2.24) is 10.3 Å². The van der Waals surface area contributed by atoms with Gasteiger partial charge in [-0.05, 0) is 51.6 Å². The molecule has 1 aromatic heterocycles. The smallest absolute Gasteiger partial charge is 0.109 e. The molecule has 1 atom stereocenters. The molecule has 4 heteroatoms. The number of rotatable bonds is 6. The van der Waals surface area contributed by atoms with Gasteiger partial charge in [0.1, 0.15) is 5.01 Å². The summed E-state index contributed by atoms with van der Waals surface area (Å²) < 4.78 is 0. The molecule has 0 aromatic carbocycles. The Balaban J connectivity index is 1.78. The van der Waals surface area contributed by atoms with Crippen molar-refractivity contribution < 1.29 is 0 Å². The predicted molar refractivity (Wildman–Crippen MR) is 82.5 cm³/mol. The molecule has 1 fully saturated rings. The van der Waals surface area contributed by atoms with Crippen LogP contribution in [0.2, 0.25) is 0 Å². The largest absolute Gasteiger partial charge is 0.330 e. The molecule has 0 saturated heterocycles. The summed E-state index contributed by atoms with van der Waals surface area (Å²) >= 11 is 1.79. The second-order valence-corrected chi connectivity index (χ2v) is 7.27.